The van der Waals surface area contributed by atoms with Gasteiger partial charge in [-0.15, -0.1) is 17.8 Å². The highest BCUT2D eigenvalue weighted by Crippen LogP contribution is 2.60. The summed E-state index contributed by atoms with van der Waals surface area (Å²) < 4.78 is 2.60. The van der Waals surface area contributed by atoms with E-state index < -0.39 is 5.41 Å². The van der Waals surface area contributed by atoms with E-state index in [0.717, 1.165) is 50.5 Å². The average molecular weight is 884 g/mol. The minimum atomic E-state index is -0.723. The molecule has 0 saturated carbocycles. The zero-order valence-corrected chi connectivity index (χ0v) is 38.4. The molecule has 0 radical (unpaired) electrons. The second-order valence-electron chi connectivity index (χ2n) is 17.4. The van der Waals surface area contributed by atoms with Crippen molar-refractivity contribution in [3.8, 4) is 56.9 Å². The predicted molar refractivity (Wildman–Crippen MR) is 291 cm³/mol. The molecule has 0 aliphatic heterocycles. The van der Waals surface area contributed by atoms with Gasteiger partial charge in [0.15, 0.2) is 0 Å². The number of terminal acetylenes is 1. The van der Waals surface area contributed by atoms with Crippen LogP contribution < -0.4 is 4.90 Å². The summed E-state index contributed by atoms with van der Waals surface area (Å²) in [6.07, 6.45) is 12.9. The summed E-state index contributed by atoms with van der Waals surface area (Å²) in [7, 11) is 0. The zero-order chi connectivity index (χ0) is 45.6. The Balaban J connectivity index is 1.08. The number of anilines is 3. The van der Waals surface area contributed by atoms with E-state index in [1.165, 1.54) is 64.3 Å². The lowest BCUT2D eigenvalue weighted by Crippen LogP contribution is -2.29. The molecule has 12 rings (SSSR count). The number of hydrogen-bond acceptors (Lipinski definition) is 2. The Kier molecular flexibility index (Phi) is 10.3. The predicted octanol–water partition coefficient (Wildman–Crippen LogP) is 18.1. The van der Waals surface area contributed by atoms with Crippen LogP contribution in [0.1, 0.15) is 23.6 Å². The van der Waals surface area contributed by atoms with Gasteiger partial charge in [0.25, 0.3) is 0 Å². The Morgan fingerprint density at radius 1 is 0.500 bits per heavy atom. The van der Waals surface area contributed by atoms with Crippen molar-refractivity contribution in [1.29, 1.82) is 0 Å². The average Bonchev–Trinajstić information content (AvgIpc) is 3.94. The van der Waals surface area contributed by atoms with Crippen LogP contribution in [0.5, 0.6) is 0 Å². The fourth-order valence-electron chi connectivity index (χ4n) is 10.8. The van der Waals surface area contributed by atoms with Crippen LogP contribution in [0.25, 0.3) is 75.5 Å². The first-order chi connectivity index (χ1) is 33.6. The maximum absolute atomic E-state index is 6.62. The Morgan fingerprint density at radius 3 is 1.99 bits per heavy atom. The minimum absolute atomic E-state index is 0.723. The van der Waals surface area contributed by atoms with Crippen LogP contribution in [-0.4, -0.2) is 0 Å². The Morgan fingerprint density at radius 2 is 1.13 bits per heavy atom. The molecule has 1 atom stereocenters. The van der Waals surface area contributed by atoms with Crippen molar-refractivity contribution in [2.24, 2.45) is 0 Å². The summed E-state index contributed by atoms with van der Waals surface area (Å²) in [4.78, 5) is 2.45. The van der Waals surface area contributed by atoms with Crippen LogP contribution in [0.2, 0.25) is 0 Å². The number of hydrogen-bond donors (Lipinski definition) is 0. The van der Waals surface area contributed by atoms with E-state index in [1.54, 1.807) is 0 Å². The number of nitrogens with zero attached hydrogens (tertiary/aromatic N) is 1. The summed E-state index contributed by atoms with van der Waals surface area (Å²) >= 11 is 1.86. The Bertz CT molecular complexity index is 3820. The fourth-order valence-corrected chi connectivity index (χ4v) is 11.9. The van der Waals surface area contributed by atoms with Crippen LogP contribution in [0, 0.1) is 12.3 Å². The van der Waals surface area contributed by atoms with Gasteiger partial charge in [-0.05, 0) is 128 Å². The number of benzene rings is 10. The summed E-state index contributed by atoms with van der Waals surface area (Å²) in [5.74, 6) is 3.20. The molecule has 68 heavy (non-hydrogen) atoms. The van der Waals surface area contributed by atoms with Gasteiger partial charge in [-0.3, -0.25) is 0 Å². The summed E-state index contributed by atoms with van der Waals surface area (Å²) in [6.45, 7) is 2.04. The van der Waals surface area contributed by atoms with Crippen LogP contribution in [0.4, 0.5) is 17.1 Å². The lowest BCUT2D eigenvalue weighted by molar-refractivity contribution is 0.773. The molecule has 1 unspecified atom stereocenters. The van der Waals surface area contributed by atoms with E-state index in [1.807, 2.05) is 24.3 Å². The van der Waals surface area contributed by atoms with Crippen molar-refractivity contribution >= 4 is 59.3 Å². The molecule has 0 amide bonds. The highest BCUT2D eigenvalue weighted by atomic mass is 32.1. The second-order valence-corrected chi connectivity index (χ2v) is 18.5. The summed E-state index contributed by atoms with van der Waals surface area (Å²) in [6, 6.07) is 84.2. The molecule has 10 aromatic carbocycles. The molecule has 1 heterocycles. The molecule has 320 valence electrons. The van der Waals surface area contributed by atoms with Gasteiger partial charge in [0.1, 0.15) is 0 Å². The molecule has 0 bridgehead atoms. The van der Waals surface area contributed by atoms with Crippen LogP contribution in [0.15, 0.2) is 254 Å². The third-order valence-electron chi connectivity index (χ3n) is 13.7. The molecular weight excluding hydrogens is 839 g/mol. The van der Waals surface area contributed by atoms with Crippen LogP contribution in [0.3, 0.4) is 0 Å². The first-order valence-corrected chi connectivity index (χ1v) is 24.1. The van der Waals surface area contributed by atoms with E-state index in [9.17, 15) is 0 Å². The first kappa shape index (κ1) is 41.0. The lowest BCUT2D eigenvalue weighted by Gasteiger charge is -2.34. The first-order valence-electron chi connectivity index (χ1n) is 23.2. The maximum Gasteiger partial charge on any atom is 0.0793 e. The third-order valence-corrected chi connectivity index (χ3v) is 14.9. The van der Waals surface area contributed by atoms with E-state index >= 15 is 0 Å². The van der Waals surface area contributed by atoms with Gasteiger partial charge in [0.2, 0.25) is 0 Å². The van der Waals surface area contributed by atoms with Gasteiger partial charge in [-0.2, -0.15) is 0 Å². The van der Waals surface area contributed by atoms with E-state index in [2.05, 4.69) is 253 Å². The SMILES string of the molecule is C#C/C(=C\C=C/C)C1(c2ccccc2)c2ccccc2-c2c(N(c3ccc(-c4cccc5sc6ccccc6c45)cc3)c3cccc(-c4cccc(-c5cccc6ccccc56)c4)c3)cccc21. The standard InChI is InChI=1S/C66H45NS/c1-3-5-25-50(4-2)66(51-26-7-6-8-27-51)59-34-13-11-30-57(59)65-60(66)35-19-36-61(65)67(52-41-39-46(40-42-52)56-33-18-38-63-64(56)58-31-12-14-37-62(58)68-63)53-28-16-23-48(44-53)47-22-15-24-49(43-47)55-32-17-21-45-20-9-10-29-54(45)55/h2-3,5-44H,1H3/b5-3-,50-25+. The van der Waals surface area contributed by atoms with E-state index in [0.29, 0.717) is 0 Å². The van der Waals surface area contributed by atoms with E-state index in [-0.39, 0.29) is 0 Å². The molecule has 1 nitrogen and oxygen atoms in total. The van der Waals surface area contributed by atoms with Gasteiger partial charge in [0.05, 0.1) is 11.1 Å². The number of fused-ring (bicyclic) bond motifs is 7. The molecule has 0 spiro atoms. The smallest absolute Gasteiger partial charge is 0.0793 e. The Hall–Kier alpha value is -8.48. The van der Waals surface area contributed by atoms with Crippen molar-refractivity contribution in [3.63, 3.8) is 0 Å². The largest absolute Gasteiger partial charge is 0.310 e. The number of thiophene rings is 1. The monoisotopic (exact) mass is 883 g/mol. The van der Waals surface area contributed by atoms with Gasteiger partial charge in [-0.1, -0.05) is 200 Å². The molecule has 0 saturated heterocycles. The van der Waals surface area contributed by atoms with Crippen LogP contribution in [-0.2, 0) is 5.41 Å². The van der Waals surface area contributed by atoms with Crippen molar-refractivity contribution in [1.82, 2.24) is 0 Å². The van der Waals surface area contributed by atoms with Gasteiger partial charge < -0.3 is 4.90 Å². The molecule has 0 fully saturated rings. The van der Waals surface area contributed by atoms with Gasteiger partial charge in [-0.25, -0.2) is 0 Å². The fraction of sp³-hybridized carbons (Fsp3) is 0.0303. The number of rotatable bonds is 9. The highest BCUT2D eigenvalue weighted by molar-refractivity contribution is 7.25. The van der Waals surface area contributed by atoms with Crippen LogP contribution >= 0.6 is 11.3 Å². The zero-order valence-electron chi connectivity index (χ0n) is 37.6. The van der Waals surface area contributed by atoms with Gasteiger partial charge >= 0.3 is 0 Å². The van der Waals surface area contributed by atoms with E-state index in [4.69, 9.17) is 6.42 Å². The summed E-state index contributed by atoms with van der Waals surface area (Å²) in [5, 5.41) is 5.09. The molecule has 0 N–H and O–H groups in total. The molecule has 1 aliphatic rings. The quantitative estimate of drug-likeness (QED) is 0.103. The molecule has 2 heteroatoms. The minimum Gasteiger partial charge on any atom is -0.310 e. The molecule has 11 aromatic rings. The maximum atomic E-state index is 6.62. The van der Waals surface area contributed by atoms with Crippen molar-refractivity contribution in [2.75, 3.05) is 4.90 Å². The topological polar surface area (TPSA) is 3.24 Å². The molecular formula is C66H45NS. The molecule has 1 aliphatic carbocycles. The Labute approximate surface area is 402 Å². The van der Waals surface area contributed by atoms with Crippen molar-refractivity contribution < 1.29 is 0 Å². The van der Waals surface area contributed by atoms with Crippen molar-refractivity contribution in [2.45, 2.75) is 12.3 Å². The second kappa shape index (κ2) is 17.1. The normalized spacial score (nSPS) is 14.3. The van der Waals surface area contributed by atoms with Gasteiger partial charge in [0, 0.05) is 42.7 Å². The molecule has 1 aromatic heterocycles. The number of allylic oxidation sites excluding steroid dienone is 4. The lowest BCUT2D eigenvalue weighted by atomic mass is 9.67. The highest BCUT2D eigenvalue weighted by Gasteiger charge is 2.48. The summed E-state index contributed by atoms with van der Waals surface area (Å²) in [5.41, 5.74) is 16.3. The third kappa shape index (κ3) is 6.63. The van der Waals surface area contributed by atoms with Crippen molar-refractivity contribution in [3.05, 3.63) is 271 Å².